The molecule has 5 heteroatoms. The van der Waals surface area contributed by atoms with Gasteiger partial charge in [-0.15, -0.1) is 11.3 Å². The number of pyridine rings is 1. The molecule has 0 aliphatic heterocycles. The summed E-state index contributed by atoms with van der Waals surface area (Å²) >= 11 is 4.84. The van der Waals surface area contributed by atoms with Crippen molar-refractivity contribution in [3.8, 4) is 16.5 Å². The van der Waals surface area contributed by atoms with E-state index in [0.717, 1.165) is 8.66 Å². The van der Waals surface area contributed by atoms with Crippen LogP contribution in [0.2, 0.25) is 0 Å². The fraction of sp³-hybridized carbons (Fsp3) is 0. The Morgan fingerprint density at radius 3 is 2.80 bits per heavy atom. The lowest BCUT2D eigenvalue weighted by Crippen LogP contribution is -2.09. The van der Waals surface area contributed by atoms with Gasteiger partial charge in [0.2, 0.25) is 0 Å². The lowest BCUT2D eigenvalue weighted by molar-refractivity contribution is 1.22. The van der Waals surface area contributed by atoms with Crippen LogP contribution in [0.15, 0.2) is 33.0 Å². The summed E-state index contributed by atoms with van der Waals surface area (Å²) in [5, 5.41) is 8.89. The fourth-order valence-corrected chi connectivity index (χ4v) is 2.67. The van der Waals surface area contributed by atoms with E-state index in [1.165, 1.54) is 11.3 Å². The molecule has 0 bridgehead atoms. The second-order valence-corrected chi connectivity index (χ2v) is 5.27. The highest BCUT2D eigenvalue weighted by Gasteiger charge is 2.09. The molecule has 0 aromatic carbocycles. The SMILES string of the molecule is N#Cc1c(-c2ccc(Br)s2)cc[nH]c1=O. The molecule has 3 nitrogen and oxygen atoms in total. The molecule has 2 rings (SSSR count). The lowest BCUT2D eigenvalue weighted by Gasteiger charge is -1.98. The van der Waals surface area contributed by atoms with Crippen LogP contribution in [0.4, 0.5) is 0 Å². The molecule has 0 saturated heterocycles. The van der Waals surface area contributed by atoms with Gasteiger partial charge in [0.15, 0.2) is 0 Å². The molecule has 0 saturated carbocycles. The number of aromatic amines is 1. The number of hydrogen-bond donors (Lipinski definition) is 1. The monoisotopic (exact) mass is 280 g/mol. The third-order valence-electron chi connectivity index (χ3n) is 1.91. The molecule has 0 spiro atoms. The largest absolute Gasteiger partial charge is 0.328 e. The second-order valence-electron chi connectivity index (χ2n) is 2.81. The van der Waals surface area contributed by atoms with Crippen molar-refractivity contribution >= 4 is 27.3 Å². The maximum Gasteiger partial charge on any atom is 0.266 e. The van der Waals surface area contributed by atoms with Gasteiger partial charge in [-0.2, -0.15) is 5.26 Å². The van der Waals surface area contributed by atoms with Crippen molar-refractivity contribution in [2.45, 2.75) is 0 Å². The van der Waals surface area contributed by atoms with Crippen molar-refractivity contribution in [2.24, 2.45) is 0 Å². The van der Waals surface area contributed by atoms with E-state index in [2.05, 4.69) is 20.9 Å². The summed E-state index contributed by atoms with van der Waals surface area (Å²) in [5.74, 6) is 0. The van der Waals surface area contributed by atoms with Crippen molar-refractivity contribution in [2.75, 3.05) is 0 Å². The van der Waals surface area contributed by atoms with Crippen LogP contribution < -0.4 is 5.56 Å². The van der Waals surface area contributed by atoms with E-state index in [1.54, 1.807) is 12.3 Å². The first-order valence-corrected chi connectivity index (χ1v) is 5.71. The van der Waals surface area contributed by atoms with Gasteiger partial charge in [-0.05, 0) is 34.1 Å². The van der Waals surface area contributed by atoms with Gasteiger partial charge < -0.3 is 4.98 Å². The Balaban J connectivity index is 2.69. The number of nitrogens with zero attached hydrogens (tertiary/aromatic N) is 1. The highest BCUT2D eigenvalue weighted by Crippen LogP contribution is 2.31. The van der Waals surface area contributed by atoms with Crippen LogP contribution >= 0.6 is 27.3 Å². The average molecular weight is 281 g/mol. The minimum atomic E-state index is -0.348. The predicted octanol–water partition coefficient (Wildman–Crippen LogP) is 2.74. The first kappa shape index (κ1) is 10.1. The van der Waals surface area contributed by atoms with E-state index in [1.807, 2.05) is 18.2 Å². The van der Waals surface area contributed by atoms with Crippen LogP contribution in [0.1, 0.15) is 5.56 Å². The maximum atomic E-state index is 11.4. The molecule has 0 aliphatic carbocycles. The zero-order chi connectivity index (χ0) is 10.8. The number of H-pyrrole nitrogens is 1. The summed E-state index contributed by atoms with van der Waals surface area (Å²) in [5.41, 5.74) is 0.489. The van der Waals surface area contributed by atoms with E-state index in [-0.39, 0.29) is 11.1 Å². The van der Waals surface area contributed by atoms with Crippen LogP contribution in [0.5, 0.6) is 0 Å². The third kappa shape index (κ3) is 1.87. The molecule has 0 atom stereocenters. The highest BCUT2D eigenvalue weighted by molar-refractivity contribution is 9.11. The lowest BCUT2D eigenvalue weighted by atomic mass is 10.1. The van der Waals surface area contributed by atoms with Crippen molar-refractivity contribution in [3.63, 3.8) is 0 Å². The molecular formula is C10H5BrN2OS. The van der Waals surface area contributed by atoms with Gasteiger partial charge >= 0.3 is 0 Å². The first-order chi connectivity index (χ1) is 7.22. The molecule has 0 fully saturated rings. The number of hydrogen-bond acceptors (Lipinski definition) is 3. The van der Waals surface area contributed by atoms with Gasteiger partial charge in [0.25, 0.3) is 5.56 Å². The standard InChI is InChI=1S/C10H5BrN2OS/c11-9-2-1-8(15-9)6-3-4-13-10(14)7(6)5-12/h1-4H,(H,13,14). The van der Waals surface area contributed by atoms with Crippen molar-refractivity contribution in [1.82, 2.24) is 4.98 Å². The smallest absolute Gasteiger partial charge is 0.266 e. The maximum absolute atomic E-state index is 11.4. The molecular weight excluding hydrogens is 276 g/mol. The number of thiophene rings is 1. The Labute approximate surface area is 98.1 Å². The van der Waals surface area contributed by atoms with Gasteiger partial charge in [0.05, 0.1) is 3.79 Å². The molecule has 1 N–H and O–H groups in total. The quantitative estimate of drug-likeness (QED) is 0.873. The van der Waals surface area contributed by atoms with Crippen molar-refractivity contribution < 1.29 is 0 Å². The summed E-state index contributed by atoms with van der Waals surface area (Å²) < 4.78 is 0.974. The number of nitrogens with one attached hydrogen (secondary N) is 1. The molecule has 15 heavy (non-hydrogen) atoms. The van der Waals surface area contributed by atoms with Gasteiger partial charge in [0.1, 0.15) is 11.6 Å². The number of rotatable bonds is 1. The zero-order valence-electron chi connectivity index (χ0n) is 7.45. The van der Waals surface area contributed by atoms with Gasteiger partial charge in [-0.25, -0.2) is 0 Å². The van der Waals surface area contributed by atoms with E-state index in [9.17, 15) is 4.79 Å². The number of nitriles is 1. The Hall–Kier alpha value is -1.38. The predicted molar refractivity (Wildman–Crippen MR) is 62.8 cm³/mol. The molecule has 2 aromatic rings. The van der Waals surface area contributed by atoms with Crippen molar-refractivity contribution in [1.29, 1.82) is 5.26 Å². The zero-order valence-corrected chi connectivity index (χ0v) is 9.85. The van der Waals surface area contributed by atoms with E-state index in [4.69, 9.17) is 5.26 Å². The minimum Gasteiger partial charge on any atom is -0.328 e. The fourth-order valence-electron chi connectivity index (χ4n) is 1.25. The minimum absolute atomic E-state index is 0.159. The highest BCUT2D eigenvalue weighted by atomic mass is 79.9. The summed E-state index contributed by atoms with van der Waals surface area (Å²) in [6.45, 7) is 0. The Morgan fingerprint density at radius 1 is 1.40 bits per heavy atom. The number of halogens is 1. The third-order valence-corrected chi connectivity index (χ3v) is 3.57. The van der Waals surface area contributed by atoms with Crippen LogP contribution in [-0.2, 0) is 0 Å². The van der Waals surface area contributed by atoms with E-state index >= 15 is 0 Å². The topological polar surface area (TPSA) is 56.6 Å². The molecule has 2 heterocycles. The first-order valence-electron chi connectivity index (χ1n) is 4.10. The molecule has 0 radical (unpaired) electrons. The average Bonchev–Trinajstić information content (AvgIpc) is 2.64. The molecule has 0 aliphatic rings. The van der Waals surface area contributed by atoms with Crippen LogP contribution in [0, 0.1) is 11.3 Å². The van der Waals surface area contributed by atoms with E-state index < -0.39 is 0 Å². The van der Waals surface area contributed by atoms with Gasteiger partial charge in [-0.3, -0.25) is 4.79 Å². The molecule has 0 amide bonds. The van der Waals surface area contributed by atoms with Crippen LogP contribution in [0.25, 0.3) is 10.4 Å². The summed E-state index contributed by atoms with van der Waals surface area (Å²) in [7, 11) is 0. The Bertz CT molecular complexity index is 594. The van der Waals surface area contributed by atoms with Gasteiger partial charge in [-0.1, -0.05) is 0 Å². The second kappa shape index (κ2) is 4.01. The van der Waals surface area contributed by atoms with Crippen LogP contribution in [0.3, 0.4) is 0 Å². The normalized spacial score (nSPS) is 9.87. The molecule has 0 unspecified atom stereocenters. The summed E-state index contributed by atoms with van der Waals surface area (Å²) in [4.78, 5) is 14.8. The molecule has 74 valence electrons. The summed E-state index contributed by atoms with van der Waals surface area (Å²) in [6, 6.07) is 7.42. The van der Waals surface area contributed by atoms with E-state index in [0.29, 0.717) is 5.56 Å². The molecule has 2 aromatic heterocycles. The van der Waals surface area contributed by atoms with Crippen LogP contribution in [-0.4, -0.2) is 4.98 Å². The number of aromatic nitrogens is 1. The van der Waals surface area contributed by atoms with Crippen molar-refractivity contribution in [3.05, 3.63) is 44.1 Å². The Kier molecular flexibility index (Phi) is 2.71. The Morgan fingerprint density at radius 2 is 2.20 bits per heavy atom. The van der Waals surface area contributed by atoms with Gasteiger partial charge in [0, 0.05) is 16.6 Å². The summed E-state index contributed by atoms with van der Waals surface area (Å²) in [6.07, 6.45) is 1.55.